The van der Waals surface area contributed by atoms with E-state index in [4.69, 9.17) is 4.74 Å². The minimum Gasteiger partial charge on any atom is -0.492 e. The number of ether oxygens (including phenoxy) is 1. The van der Waals surface area contributed by atoms with Gasteiger partial charge in [0.25, 0.3) is 5.91 Å². The molecule has 1 aliphatic rings. The molecule has 0 saturated carbocycles. The van der Waals surface area contributed by atoms with Gasteiger partial charge in [0.1, 0.15) is 12.4 Å². The normalized spacial score (nSPS) is 15.1. The highest BCUT2D eigenvalue weighted by Gasteiger charge is 2.25. The number of hydrogen-bond acceptors (Lipinski definition) is 6. The number of amides is 1. The number of rotatable bonds is 9. The standard InChI is InChI=1S/C22H29N3O6S2/c1-17-20(7-6-8-21(17)24-32(2,27)28)22(26)23-13-16-31-18-9-11-19(12-10-18)33(29,30)25-14-4-3-5-15-25/h6-12,24H,3-5,13-16H2,1-2H3,(H,23,26). The summed E-state index contributed by atoms with van der Waals surface area (Å²) in [6.07, 6.45) is 3.86. The van der Waals surface area contributed by atoms with Crippen LogP contribution in [0.5, 0.6) is 5.75 Å². The molecule has 180 valence electrons. The van der Waals surface area contributed by atoms with Crippen LogP contribution in [0, 0.1) is 6.92 Å². The van der Waals surface area contributed by atoms with E-state index in [1.165, 1.54) is 16.4 Å². The fraction of sp³-hybridized carbons (Fsp3) is 0.409. The lowest BCUT2D eigenvalue weighted by molar-refractivity contribution is 0.0946. The van der Waals surface area contributed by atoms with Crippen LogP contribution in [-0.4, -0.2) is 59.5 Å². The summed E-state index contributed by atoms with van der Waals surface area (Å²) in [7, 11) is -6.94. The Bertz CT molecular complexity index is 1190. The first-order valence-corrected chi connectivity index (χ1v) is 14.0. The average Bonchev–Trinajstić information content (AvgIpc) is 2.78. The van der Waals surface area contributed by atoms with Gasteiger partial charge in [-0.1, -0.05) is 12.5 Å². The Morgan fingerprint density at radius 1 is 1.00 bits per heavy atom. The zero-order valence-electron chi connectivity index (χ0n) is 18.7. The summed E-state index contributed by atoms with van der Waals surface area (Å²) in [4.78, 5) is 12.7. The number of nitrogens with zero attached hydrogens (tertiary/aromatic N) is 1. The largest absolute Gasteiger partial charge is 0.492 e. The topological polar surface area (TPSA) is 122 Å². The highest BCUT2D eigenvalue weighted by atomic mass is 32.2. The van der Waals surface area contributed by atoms with Crippen LogP contribution < -0.4 is 14.8 Å². The van der Waals surface area contributed by atoms with Crippen molar-refractivity contribution in [1.29, 1.82) is 0 Å². The molecule has 9 nitrogen and oxygen atoms in total. The molecule has 1 aliphatic heterocycles. The third-order valence-electron chi connectivity index (χ3n) is 5.31. The molecule has 0 unspecified atom stereocenters. The lowest BCUT2D eigenvalue weighted by Gasteiger charge is -2.25. The average molecular weight is 496 g/mol. The Kier molecular flexibility index (Phi) is 7.98. The summed E-state index contributed by atoms with van der Waals surface area (Å²) >= 11 is 0. The summed E-state index contributed by atoms with van der Waals surface area (Å²) in [6, 6.07) is 11.1. The van der Waals surface area contributed by atoms with Crippen molar-refractivity contribution < 1.29 is 26.4 Å². The maximum atomic E-state index is 12.7. The van der Waals surface area contributed by atoms with E-state index in [1.807, 2.05) is 0 Å². The SMILES string of the molecule is Cc1c(NS(C)(=O)=O)cccc1C(=O)NCCOc1ccc(S(=O)(=O)N2CCCCC2)cc1. The highest BCUT2D eigenvalue weighted by molar-refractivity contribution is 7.92. The van der Waals surface area contributed by atoms with Crippen LogP contribution in [0.15, 0.2) is 47.4 Å². The van der Waals surface area contributed by atoms with Crippen LogP contribution in [0.4, 0.5) is 5.69 Å². The minimum atomic E-state index is -3.49. The molecule has 1 heterocycles. The molecule has 0 radical (unpaired) electrons. The number of carbonyl (C=O) groups is 1. The van der Waals surface area contributed by atoms with Crippen LogP contribution in [0.25, 0.3) is 0 Å². The Morgan fingerprint density at radius 3 is 2.30 bits per heavy atom. The second-order valence-electron chi connectivity index (χ2n) is 7.89. The number of carbonyl (C=O) groups excluding carboxylic acids is 1. The maximum Gasteiger partial charge on any atom is 0.251 e. The molecular formula is C22H29N3O6S2. The maximum absolute atomic E-state index is 12.7. The zero-order valence-corrected chi connectivity index (χ0v) is 20.3. The van der Waals surface area contributed by atoms with E-state index < -0.39 is 20.0 Å². The molecule has 2 aromatic carbocycles. The molecule has 1 amide bonds. The van der Waals surface area contributed by atoms with Crippen molar-refractivity contribution in [3.8, 4) is 5.75 Å². The molecule has 3 rings (SSSR count). The molecule has 0 aromatic heterocycles. The van der Waals surface area contributed by atoms with Gasteiger partial charge in [-0.25, -0.2) is 16.8 Å². The van der Waals surface area contributed by atoms with Gasteiger partial charge in [-0.3, -0.25) is 9.52 Å². The van der Waals surface area contributed by atoms with Crippen LogP contribution in [-0.2, 0) is 20.0 Å². The summed E-state index contributed by atoms with van der Waals surface area (Å²) in [5.41, 5.74) is 1.23. The number of nitrogens with one attached hydrogen (secondary N) is 2. The van der Waals surface area contributed by atoms with E-state index in [0.717, 1.165) is 25.5 Å². The predicted molar refractivity (Wildman–Crippen MR) is 127 cm³/mol. The summed E-state index contributed by atoms with van der Waals surface area (Å²) in [5.74, 6) is 0.147. The van der Waals surface area contributed by atoms with Crippen molar-refractivity contribution in [3.63, 3.8) is 0 Å². The summed E-state index contributed by atoms with van der Waals surface area (Å²) in [5, 5.41) is 2.74. The van der Waals surface area contributed by atoms with Crippen molar-refractivity contribution >= 4 is 31.6 Å². The Morgan fingerprint density at radius 2 is 1.67 bits per heavy atom. The first kappa shape index (κ1) is 25.0. The number of anilines is 1. The smallest absolute Gasteiger partial charge is 0.251 e. The van der Waals surface area contributed by atoms with E-state index in [1.54, 1.807) is 37.3 Å². The first-order chi connectivity index (χ1) is 15.6. The number of piperidine rings is 1. The van der Waals surface area contributed by atoms with E-state index in [2.05, 4.69) is 10.0 Å². The molecule has 2 aromatic rings. The lowest BCUT2D eigenvalue weighted by atomic mass is 10.1. The fourth-order valence-corrected chi connectivity index (χ4v) is 5.72. The molecule has 0 bridgehead atoms. The number of hydrogen-bond donors (Lipinski definition) is 2. The van der Waals surface area contributed by atoms with E-state index >= 15 is 0 Å². The van der Waals surface area contributed by atoms with Crippen molar-refractivity contribution in [2.24, 2.45) is 0 Å². The van der Waals surface area contributed by atoms with E-state index in [-0.39, 0.29) is 24.0 Å². The van der Waals surface area contributed by atoms with Gasteiger partial charge >= 0.3 is 0 Å². The summed E-state index contributed by atoms with van der Waals surface area (Å²) in [6.45, 7) is 3.17. The molecule has 33 heavy (non-hydrogen) atoms. The van der Waals surface area contributed by atoms with Gasteiger partial charge in [0, 0.05) is 18.7 Å². The highest BCUT2D eigenvalue weighted by Crippen LogP contribution is 2.23. The van der Waals surface area contributed by atoms with Crippen molar-refractivity contribution in [1.82, 2.24) is 9.62 Å². The van der Waals surface area contributed by atoms with Gasteiger partial charge in [-0.2, -0.15) is 4.31 Å². The second-order valence-corrected chi connectivity index (χ2v) is 11.6. The number of sulfonamides is 2. The van der Waals surface area contributed by atoms with Gasteiger partial charge in [0.15, 0.2) is 0 Å². The Balaban J connectivity index is 1.52. The fourth-order valence-electron chi connectivity index (χ4n) is 3.58. The third-order valence-corrected chi connectivity index (χ3v) is 7.81. The quantitative estimate of drug-likeness (QED) is 0.515. The zero-order chi connectivity index (χ0) is 24.1. The predicted octanol–water partition coefficient (Wildman–Crippen LogP) is 2.35. The van der Waals surface area contributed by atoms with Gasteiger partial charge in [0.2, 0.25) is 20.0 Å². The molecule has 0 atom stereocenters. The minimum absolute atomic E-state index is 0.185. The van der Waals surface area contributed by atoms with Crippen LogP contribution in [0.2, 0.25) is 0 Å². The first-order valence-electron chi connectivity index (χ1n) is 10.7. The van der Waals surface area contributed by atoms with Crippen LogP contribution in [0.1, 0.15) is 35.2 Å². The monoisotopic (exact) mass is 495 g/mol. The molecule has 2 N–H and O–H groups in total. The molecule has 0 aliphatic carbocycles. The number of benzene rings is 2. The van der Waals surface area contributed by atoms with Crippen molar-refractivity contribution in [3.05, 3.63) is 53.6 Å². The lowest BCUT2D eigenvalue weighted by Crippen LogP contribution is -2.35. The van der Waals surface area contributed by atoms with Gasteiger partial charge < -0.3 is 10.1 Å². The molecule has 1 fully saturated rings. The van der Waals surface area contributed by atoms with Crippen LogP contribution in [0.3, 0.4) is 0 Å². The van der Waals surface area contributed by atoms with Gasteiger partial charge in [-0.05, 0) is 61.7 Å². The molecular weight excluding hydrogens is 466 g/mol. The van der Waals surface area contributed by atoms with Crippen LogP contribution >= 0.6 is 0 Å². The van der Waals surface area contributed by atoms with Gasteiger partial charge in [0.05, 0.1) is 23.4 Å². The third kappa shape index (κ3) is 6.68. The van der Waals surface area contributed by atoms with E-state index in [0.29, 0.717) is 35.7 Å². The summed E-state index contributed by atoms with van der Waals surface area (Å²) < 4.78 is 57.9. The van der Waals surface area contributed by atoms with Crippen molar-refractivity contribution in [2.45, 2.75) is 31.1 Å². The van der Waals surface area contributed by atoms with Crippen molar-refractivity contribution in [2.75, 3.05) is 37.2 Å². The molecule has 11 heteroatoms. The van der Waals surface area contributed by atoms with E-state index in [9.17, 15) is 21.6 Å². The second kappa shape index (κ2) is 10.5. The Hall–Kier alpha value is -2.63. The van der Waals surface area contributed by atoms with Gasteiger partial charge in [-0.15, -0.1) is 0 Å². The molecule has 0 spiro atoms. The Labute approximate surface area is 195 Å². The molecule has 1 saturated heterocycles.